The molecule has 0 saturated carbocycles. The van der Waals surface area contributed by atoms with Crippen LogP contribution in [-0.2, 0) is 0 Å². The number of allylic oxidation sites excluding steroid dienone is 3. The second-order valence-corrected chi connectivity index (χ2v) is 2.85. The average molecular weight is 174 g/mol. The molecule has 0 unspecified atom stereocenters. The Morgan fingerprint density at radius 3 is 1.69 bits per heavy atom. The van der Waals surface area contributed by atoms with Crippen LogP contribution in [0.15, 0.2) is 49.1 Å². The van der Waals surface area contributed by atoms with Gasteiger partial charge in [-0.25, -0.2) is 0 Å². The second-order valence-electron chi connectivity index (χ2n) is 2.85. The lowest BCUT2D eigenvalue weighted by Gasteiger charge is -1.93. The van der Waals surface area contributed by atoms with Gasteiger partial charge in [-0.15, -0.1) is 0 Å². The van der Waals surface area contributed by atoms with Gasteiger partial charge in [0.25, 0.3) is 0 Å². The highest BCUT2D eigenvalue weighted by Crippen LogP contribution is 2.02. The fourth-order valence-corrected chi connectivity index (χ4v) is 0.799. The lowest BCUT2D eigenvalue weighted by Crippen LogP contribution is -1.74. The molecule has 0 fully saturated rings. The number of aryl methyl sites for hydroxylation is 2. The molecule has 0 nitrogen and oxygen atoms in total. The average Bonchev–Trinajstić information content (AvgIpc) is 2.13. The minimum Gasteiger partial charge on any atom is -0.0991 e. The van der Waals surface area contributed by atoms with Gasteiger partial charge in [0.1, 0.15) is 0 Å². The van der Waals surface area contributed by atoms with Crippen LogP contribution in [0, 0.1) is 13.8 Å². The van der Waals surface area contributed by atoms with Gasteiger partial charge in [0.15, 0.2) is 0 Å². The van der Waals surface area contributed by atoms with Crippen molar-refractivity contribution < 1.29 is 0 Å². The molecule has 0 heteroatoms. The Bertz CT molecular complexity index is 248. The van der Waals surface area contributed by atoms with E-state index in [0.29, 0.717) is 0 Å². The highest BCUT2D eigenvalue weighted by atomic mass is 13.9. The molecular formula is C13H18. The quantitative estimate of drug-likeness (QED) is 0.563. The third-order valence-electron chi connectivity index (χ3n) is 1.75. The minimum absolute atomic E-state index is 1.37. The lowest BCUT2D eigenvalue weighted by atomic mass is 10.1. The molecule has 1 aromatic carbocycles. The van der Waals surface area contributed by atoms with E-state index in [1.807, 2.05) is 19.1 Å². The van der Waals surface area contributed by atoms with Crippen molar-refractivity contribution >= 4 is 0 Å². The van der Waals surface area contributed by atoms with Crippen LogP contribution in [-0.4, -0.2) is 0 Å². The first-order valence-corrected chi connectivity index (χ1v) is 4.48. The first-order valence-electron chi connectivity index (χ1n) is 4.48. The maximum absolute atomic E-state index is 3.46. The van der Waals surface area contributed by atoms with E-state index >= 15 is 0 Å². The maximum Gasteiger partial charge on any atom is -0.0395 e. The summed E-state index contributed by atoms with van der Waals surface area (Å²) in [5.41, 5.74) is 2.74. The smallest absolute Gasteiger partial charge is 0.0395 e. The van der Waals surface area contributed by atoms with Gasteiger partial charge in [-0.1, -0.05) is 49.1 Å². The van der Waals surface area contributed by atoms with Gasteiger partial charge < -0.3 is 0 Å². The van der Waals surface area contributed by atoms with Gasteiger partial charge >= 0.3 is 0 Å². The van der Waals surface area contributed by atoms with Crippen molar-refractivity contribution in [2.45, 2.75) is 20.8 Å². The Morgan fingerprint density at radius 2 is 1.54 bits per heavy atom. The van der Waals surface area contributed by atoms with E-state index in [2.05, 4.69) is 44.7 Å². The Morgan fingerprint density at radius 1 is 1.08 bits per heavy atom. The summed E-state index contributed by atoms with van der Waals surface area (Å²) < 4.78 is 0. The van der Waals surface area contributed by atoms with E-state index in [9.17, 15) is 0 Å². The topological polar surface area (TPSA) is 0 Å². The lowest BCUT2D eigenvalue weighted by molar-refractivity contribution is 1.34. The molecule has 0 aromatic heterocycles. The summed E-state index contributed by atoms with van der Waals surface area (Å²) in [6.07, 6.45) is 5.58. The monoisotopic (exact) mass is 174 g/mol. The minimum atomic E-state index is 1.37. The summed E-state index contributed by atoms with van der Waals surface area (Å²) in [5.74, 6) is 0. The first kappa shape index (κ1) is 11.7. The number of hydrogen-bond donors (Lipinski definition) is 0. The maximum atomic E-state index is 3.46. The molecule has 1 aromatic rings. The summed E-state index contributed by atoms with van der Waals surface area (Å²) in [4.78, 5) is 0. The van der Waals surface area contributed by atoms with E-state index in [1.54, 1.807) is 6.08 Å². The summed E-state index contributed by atoms with van der Waals surface area (Å²) in [5, 5.41) is 0. The van der Waals surface area contributed by atoms with Crippen LogP contribution in [0.5, 0.6) is 0 Å². The normalized spacial score (nSPS) is 9.15. The molecule has 1 rings (SSSR count). The zero-order chi connectivity index (χ0) is 10.1. The van der Waals surface area contributed by atoms with Crippen LogP contribution in [0.4, 0.5) is 0 Å². The predicted molar refractivity (Wildman–Crippen MR) is 60.9 cm³/mol. The van der Waals surface area contributed by atoms with E-state index in [4.69, 9.17) is 0 Å². The second kappa shape index (κ2) is 7.35. The number of benzene rings is 1. The Balaban J connectivity index is 0.000000252. The van der Waals surface area contributed by atoms with Crippen LogP contribution in [0.2, 0.25) is 0 Å². The summed E-state index contributed by atoms with van der Waals surface area (Å²) in [7, 11) is 0. The first-order chi connectivity index (χ1) is 6.22. The molecule has 13 heavy (non-hydrogen) atoms. The van der Waals surface area contributed by atoms with Gasteiger partial charge in [-0.2, -0.15) is 0 Å². The zero-order valence-corrected chi connectivity index (χ0v) is 8.75. The molecule has 0 bridgehead atoms. The van der Waals surface area contributed by atoms with Gasteiger partial charge in [0.05, 0.1) is 0 Å². The van der Waals surface area contributed by atoms with Crippen molar-refractivity contribution in [2.75, 3.05) is 0 Å². The van der Waals surface area contributed by atoms with Crippen LogP contribution < -0.4 is 0 Å². The molecule has 0 aliphatic carbocycles. The zero-order valence-electron chi connectivity index (χ0n) is 8.75. The predicted octanol–water partition coefficient (Wildman–Crippen LogP) is 4.05. The Hall–Kier alpha value is -1.30. The Kier molecular flexibility index (Phi) is 6.62. The number of rotatable bonds is 1. The molecule has 0 radical (unpaired) electrons. The molecule has 0 aliphatic rings. The Labute approximate surface area is 81.6 Å². The number of hydrogen-bond acceptors (Lipinski definition) is 0. The van der Waals surface area contributed by atoms with Crippen molar-refractivity contribution in [1.29, 1.82) is 0 Å². The SMILES string of the molecule is C=C/C=C/C.Cc1ccccc1C. The van der Waals surface area contributed by atoms with E-state index < -0.39 is 0 Å². The molecule has 0 saturated heterocycles. The van der Waals surface area contributed by atoms with E-state index in [1.165, 1.54) is 11.1 Å². The van der Waals surface area contributed by atoms with Crippen LogP contribution in [0.25, 0.3) is 0 Å². The molecule has 0 atom stereocenters. The van der Waals surface area contributed by atoms with Crippen LogP contribution in [0.3, 0.4) is 0 Å². The molecular weight excluding hydrogens is 156 g/mol. The summed E-state index contributed by atoms with van der Waals surface area (Å²) in [6.45, 7) is 9.66. The van der Waals surface area contributed by atoms with Crippen LogP contribution >= 0.6 is 0 Å². The van der Waals surface area contributed by atoms with Crippen molar-refractivity contribution in [3.63, 3.8) is 0 Å². The van der Waals surface area contributed by atoms with Crippen molar-refractivity contribution in [2.24, 2.45) is 0 Å². The third-order valence-corrected chi connectivity index (χ3v) is 1.75. The highest BCUT2D eigenvalue weighted by molar-refractivity contribution is 5.23. The highest BCUT2D eigenvalue weighted by Gasteiger charge is 1.83. The van der Waals surface area contributed by atoms with Crippen molar-refractivity contribution in [3.8, 4) is 0 Å². The molecule has 0 amide bonds. The third kappa shape index (κ3) is 5.92. The van der Waals surface area contributed by atoms with E-state index in [-0.39, 0.29) is 0 Å². The summed E-state index contributed by atoms with van der Waals surface area (Å²) in [6, 6.07) is 8.36. The van der Waals surface area contributed by atoms with Crippen molar-refractivity contribution in [1.82, 2.24) is 0 Å². The van der Waals surface area contributed by atoms with Gasteiger partial charge in [-0.3, -0.25) is 0 Å². The molecule has 70 valence electrons. The van der Waals surface area contributed by atoms with Crippen LogP contribution in [0.1, 0.15) is 18.1 Å². The van der Waals surface area contributed by atoms with Crippen molar-refractivity contribution in [3.05, 3.63) is 60.2 Å². The van der Waals surface area contributed by atoms with E-state index in [0.717, 1.165) is 0 Å². The molecule has 0 heterocycles. The molecule has 0 spiro atoms. The molecule has 0 aliphatic heterocycles. The fourth-order valence-electron chi connectivity index (χ4n) is 0.799. The van der Waals surface area contributed by atoms with Gasteiger partial charge in [0, 0.05) is 0 Å². The van der Waals surface area contributed by atoms with Gasteiger partial charge in [0.2, 0.25) is 0 Å². The van der Waals surface area contributed by atoms with Gasteiger partial charge in [-0.05, 0) is 31.9 Å². The molecule has 0 N–H and O–H groups in total. The summed E-state index contributed by atoms with van der Waals surface area (Å²) >= 11 is 0. The largest absolute Gasteiger partial charge is 0.0991 e. The fraction of sp³-hybridized carbons (Fsp3) is 0.231. The standard InChI is InChI=1S/C8H10.C5H8/c1-7-5-3-4-6-8(7)2;1-3-5-4-2/h3-6H,1-2H3;3-5H,1H2,2H3/b;5-4+.